The van der Waals surface area contributed by atoms with E-state index in [2.05, 4.69) is 15.3 Å². The molecule has 1 aromatic heterocycles. The van der Waals surface area contributed by atoms with E-state index >= 15 is 0 Å². The Bertz CT molecular complexity index is 717. The molecule has 2 rings (SSSR count). The second-order valence-corrected chi connectivity index (χ2v) is 3.87. The van der Waals surface area contributed by atoms with Gasteiger partial charge >= 0.3 is 0 Å². The molecule has 0 aliphatic rings. The van der Waals surface area contributed by atoms with Gasteiger partial charge in [0, 0.05) is 0 Å². The molecule has 0 aliphatic carbocycles. The maximum absolute atomic E-state index is 11.4. The molecule has 0 unspecified atom stereocenters. The van der Waals surface area contributed by atoms with Crippen LogP contribution in [0.3, 0.4) is 0 Å². The van der Waals surface area contributed by atoms with Gasteiger partial charge in [-0.15, -0.1) is 0 Å². The first-order valence-electron chi connectivity index (χ1n) is 5.10. The normalized spacial score (nSPS) is 10.7. The summed E-state index contributed by atoms with van der Waals surface area (Å²) in [6.45, 7) is 0. The predicted octanol–water partition coefficient (Wildman–Crippen LogP) is -0.453. The minimum absolute atomic E-state index is 0.0649. The van der Waals surface area contributed by atoms with E-state index in [-0.39, 0.29) is 10.3 Å². The first-order chi connectivity index (χ1) is 9.08. The molecule has 7 nitrogen and oxygen atoms in total. The summed E-state index contributed by atoms with van der Waals surface area (Å²) in [5, 5.41) is 20.4. The zero-order valence-electron chi connectivity index (χ0n) is 9.44. The number of carboxylic acid groups (broad SMARTS) is 1. The zero-order chi connectivity index (χ0) is 13.8. The Morgan fingerprint density at radius 1 is 1.42 bits per heavy atom. The highest BCUT2D eigenvalue weighted by Gasteiger charge is 1.96. The Kier molecular flexibility index (Phi) is 3.62. The maximum atomic E-state index is 11.4. The molecule has 0 saturated carbocycles. The van der Waals surface area contributed by atoms with E-state index < -0.39 is 11.5 Å². The number of rotatable bonds is 3. The van der Waals surface area contributed by atoms with Gasteiger partial charge in [-0.05, 0) is 23.3 Å². The largest absolute Gasteiger partial charge is 0.545 e. The number of carboxylic acids is 1. The molecule has 0 spiro atoms. The fourth-order valence-corrected chi connectivity index (χ4v) is 1.47. The fraction of sp³-hybridized carbons (Fsp3) is 0. The molecule has 1 heterocycles. The van der Waals surface area contributed by atoms with Gasteiger partial charge in [0.15, 0.2) is 0 Å². The van der Waals surface area contributed by atoms with Crippen LogP contribution in [0.25, 0.3) is 0 Å². The Morgan fingerprint density at radius 3 is 2.68 bits per heavy atom. The van der Waals surface area contributed by atoms with E-state index in [9.17, 15) is 14.7 Å². The van der Waals surface area contributed by atoms with Crippen molar-refractivity contribution in [2.75, 3.05) is 0 Å². The smallest absolute Gasteiger partial charge is 0.293 e. The summed E-state index contributed by atoms with van der Waals surface area (Å²) in [5.41, 5.74) is 0.213. The van der Waals surface area contributed by atoms with Crippen LogP contribution in [0.2, 0.25) is 0 Å². The minimum atomic E-state index is -1.25. The number of benzene rings is 1. The fourth-order valence-electron chi connectivity index (χ4n) is 1.28. The van der Waals surface area contributed by atoms with E-state index in [0.717, 1.165) is 10.9 Å². The number of carbonyl (C=O) groups is 1. The first-order valence-corrected chi connectivity index (χ1v) is 5.51. The highest BCUT2D eigenvalue weighted by molar-refractivity contribution is 7.71. The second kappa shape index (κ2) is 5.36. The van der Waals surface area contributed by atoms with E-state index in [1.807, 2.05) is 0 Å². The van der Waals surface area contributed by atoms with Crippen molar-refractivity contribution in [3.63, 3.8) is 0 Å². The van der Waals surface area contributed by atoms with Crippen LogP contribution < -0.4 is 10.7 Å². The monoisotopic (exact) mass is 275 g/mol. The van der Waals surface area contributed by atoms with Crippen molar-refractivity contribution in [1.29, 1.82) is 0 Å². The summed E-state index contributed by atoms with van der Waals surface area (Å²) in [5.74, 6) is -1.25. The number of hydrogen-bond donors (Lipinski definition) is 1. The second-order valence-electron chi connectivity index (χ2n) is 3.48. The van der Waals surface area contributed by atoms with E-state index in [4.69, 9.17) is 12.2 Å². The molecule has 0 atom stereocenters. The molecule has 1 aromatic carbocycles. The zero-order valence-corrected chi connectivity index (χ0v) is 10.3. The van der Waals surface area contributed by atoms with Crippen molar-refractivity contribution >= 4 is 24.4 Å². The Labute approximate surface area is 111 Å². The third kappa shape index (κ3) is 2.99. The number of H-pyrrole nitrogens is 1. The first kappa shape index (κ1) is 12.8. The average molecular weight is 275 g/mol. The molecule has 19 heavy (non-hydrogen) atoms. The Hall–Kier alpha value is -2.61. The number of nitrogens with zero attached hydrogens (tertiary/aromatic N) is 3. The van der Waals surface area contributed by atoms with Gasteiger partial charge in [-0.25, -0.2) is 0 Å². The standard InChI is InChI=1S/C11H8N4O3S/c16-9-6-12-14-11(19)15(9)13-5-7-1-3-8(4-2-7)10(17)18/h1-6H,(H,14,19)(H,17,18)/p-1. The van der Waals surface area contributed by atoms with Gasteiger partial charge in [0.2, 0.25) is 4.77 Å². The van der Waals surface area contributed by atoms with E-state index in [0.29, 0.717) is 5.56 Å². The Balaban J connectivity index is 2.31. The summed E-state index contributed by atoms with van der Waals surface area (Å²) in [6.07, 6.45) is 2.43. The summed E-state index contributed by atoms with van der Waals surface area (Å²) < 4.78 is 1.03. The van der Waals surface area contributed by atoms with Gasteiger partial charge in [0.05, 0.1) is 12.2 Å². The number of aromatic amines is 1. The number of carbonyl (C=O) groups excluding carboxylic acids is 1. The summed E-state index contributed by atoms with van der Waals surface area (Å²) in [7, 11) is 0. The maximum Gasteiger partial charge on any atom is 0.293 e. The van der Waals surface area contributed by atoms with Gasteiger partial charge in [-0.1, -0.05) is 24.3 Å². The number of aromatic carboxylic acids is 1. The van der Waals surface area contributed by atoms with Crippen molar-refractivity contribution < 1.29 is 9.90 Å². The van der Waals surface area contributed by atoms with Crippen LogP contribution in [0.1, 0.15) is 15.9 Å². The van der Waals surface area contributed by atoms with Crippen LogP contribution in [-0.2, 0) is 0 Å². The molecular weight excluding hydrogens is 268 g/mol. The van der Waals surface area contributed by atoms with Crippen LogP contribution in [0, 0.1) is 4.77 Å². The molecule has 0 aliphatic heterocycles. The van der Waals surface area contributed by atoms with Crippen LogP contribution in [0.15, 0.2) is 40.4 Å². The molecule has 96 valence electrons. The van der Waals surface area contributed by atoms with Crippen LogP contribution in [0.4, 0.5) is 0 Å². The SMILES string of the molecule is O=C([O-])c1ccc(C=Nn2c(=O)cn[nH]c2=S)cc1. The van der Waals surface area contributed by atoms with Gasteiger partial charge in [-0.3, -0.25) is 9.89 Å². The quantitative estimate of drug-likeness (QED) is 0.603. The lowest BCUT2D eigenvalue weighted by molar-refractivity contribution is -0.255. The number of hydrogen-bond acceptors (Lipinski definition) is 6. The van der Waals surface area contributed by atoms with Crippen molar-refractivity contribution in [3.8, 4) is 0 Å². The molecule has 8 heteroatoms. The van der Waals surface area contributed by atoms with Gasteiger partial charge in [0.1, 0.15) is 6.20 Å². The lowest BCUT2D eigenvalue weighted by Crippen LogP contribution is -2.22. The molecule has 2 aromatic rings. The summed E-state index contributed by atoms with van der Waals surface area (Å²) in [4.78, 5) is 22.0. The minimum Gasteiger partial charge on any atom is -0.545 e. The Morgan fingerprint density at radius 2 is 2.11 bits per heavy atom. The molecule has 0 amide bonds. The summed E-state index contributed by atoms with van der Waals surface area (Å²) >= 11 is 4.86. The van der Waals surface area contributed by atoms with Gasteiger partial charge in [-0.2, -0.15) is 14.9 Å². The number of nitrogens with one attached hydrogen (secondary N) is 1. The van der Waals surface area contributed by atoms with Crippen molar-refractivity contribution in [1.82, 2.24) is 14.9 Å². The van der Waals surface area contributed by atoms with E-state index in [1.54, 1.807) is 0 Å². The van der Waals surface area contributed by atoms with Crippen molar-refractivity contribution in [2.24, 2.45) is 5.10 Å². The topological polar surface area (TPSA) is 103 Å². The van der Waals surface area contributed by atoms with Crippen LogP contribution in [-0.4, -0.2) is 27.1 Å². The highest BCUT2D eigenvalue weighted by Crippen LogP contribution is 2.01. The molecule has 0 saturated heterocycles. The lowest BCUT2D eigenvalue weighted by Gasteiger charge is -2.01. The van der Waals surface area contributed by atoms with Gasteiger partial charge in [0.25, 0.3) is 5.56 Å². The highest BCUT2D eigenvalue weighted by atomic mass is 32.1. The molecule has 0 radical (unpaired) electrons. The van der Waals surface area contributed by atoms with Crippen LogP contribution in [0.5, 0.6) is 0 Å². The third-order valence-electron chi connectivity index (χ3n) is 2.20. The molecule has 0 fully saturated rings. The predicted molar refractivity (Wildman–Crippen MR) is 67.4 cm³/mol. The molecule has 0 bridgehead atoms. The van der Waals surface area contributed by atoms with Crippen LogP contribution >= 0.6 is 12.2 Å². The van der Waals surface area contributed by atoms with Gasteiger partial charge < -0.3 is 9.90 Å². The van der Waals surface area contributed by atoms with E-state index in [1.165, 1.54) is 30.5 Å². The summed E-state index contributed by atoms with van der Waals surface area (Å²) in [6, 6.07) is 5.83. The lowest BCUT2D eigenvalue weighted by atomic mass is 10.1. The number of aromatic nitrogens is 3. The van der Waals surface area contributed by atoms with Crippen molar-refractivity contribution in [2.45, 2.75) is 0 Å². The molecule has 1 N–H and O–H groups in total. The third-order valence-corrected chi connectivity index (χ3v) is 2.47. The average Bonchev–Trinajstić information content (AvgIpc) is 2.38. The van der Waals surface area contributed by atoms with Crippen molar-refractivity contribution in [3.05, 3.63) is 56.7 Å². The molecular formula is C11H7N4O3S-.